The van der Waals surface area contributed by atoms with Crippen LogP contribution in [0.5, 0.6) is 5.75 Å². The molecule has 3 aromatic heterocycles. The minimum Gasteiger partial charge on any atom is -0.550 e. The second kappa shape index (κ2) is 10.7. The van der Waals surface area contributed by atoms with Gasteiger partial charge < -0.3 is 23.9 Å². The van der Waals surface area contributed by atoms with Gasteiger partial charge in [-0.1, -0.05) is 18.2 Å². The molecule has 0 N–H and O–H groups in total. The number of fused-ring (bicyclic) bond motifs is 2. The molecule has 0 amide bonds. The van der Waals surface area contributed by atoms with Crippen molar-refractivity contribution in [3.8, 4) is 16.9 Å². The molecule has 4 aromatic rings. The summed E-state index contributed by atoms with van der Waals surface area (Å²) in [5.74, 6) is 0.200. The van der Waals surface area contributed by atoms with Crippen molar-refractivity contribution in [1.82, 2.24) is 14.4 Å². The Morgan fingerprint density at radius 3 is 2.68 bits per heavy atom. The standard InChI is InChI=1S/C28H26F2N4O3.K/c1-17-22(12-18-4-2-3-5-23(18)37-27(29)30)34-15-20(7-9-25(34)32-17)19-6-8-24(31-14-19)33-11-10-28(26(35)36)13-21(28)16-33;/h2-9,14-15,21,27H,10-13,16H2,1H3,(H,35,36);/q;+1/p-1. The molecule has 1 aliphatic heterocycles. The number of alkyl halides is 2. The molecule has 2 fully saturated rings. The molecular formula is C28H25F2KN4O3. The predicted molar refractivity (Wildman–Crippen MR) is 131 cm³/mol. The molecule has 1 aromatic carbocycles. The Kier molecular flexibility index (Phi) is 7.63. The van der Waals surface area contributed by atoms with Crippen molar-refractivity contribution in [3.05, 3.63) is 77.9 Å². The van der Waals surface area contributed by atoms with Crippen molar-refractivity contribution in [1.29, 1.82) is 0 Å². The molecule has 6 rings (SSSR count). The fourth-order valence-corrected chi connectivity index (χ4v) is 5.56. The van der Waals surface area contributed by atoms with E-state index in [1.165, 1.54) is 0 Å². The van der Waals surface area contributed by atoms with E-state index in [2.05, 4.69) is 14.9 Å². The van der Waals surface area contributed by atoms with Gasteiger partial charge in [0.05, 0.1) is 5.69 Å². The molecule has 0 bridgehead atoms. The number of hydrogen-bond donors (Lipinski definition) is 0. The second-order valence-electron chi connectivity index (χ2n) is 9.90. The maximum atomic E-state index is 12.9. The van der Waals surface area contributed by atoms with Crippen LogP contribution >= 0.6 is 0 Å². The SMILES string of the molecule is Cc1nc2ccc(-c3ccc(N4CCC5(C(=O)[O-])CC5C4)nc3)cn2c1Cc1ccccc1OC(F)F.[K+]. The third-order valence-electron chi connectivity index (χ3n) is 7.78. The van der Waals surface area contributed by atoms with Gasteiger partial charge in [0, 0.05) is 65.7 Å². The molecule has 4 heterocycles. The van der Waals surface area contributed by atoms with Crippen LogP contribution in [0.3, 0.4) is 0 Å². The van der Waals surface area contributed by atoms with Crippen LogP contribution < -0.4 is 66.1 Å². The van der Waals surface area contributed by atoms with Gasteiger partial charge in [0.1, 0.15) is 17.2 Å². The van der Waals surface area contributed by atoms with Gasteiger partial charge in [0.15, 0.2) is 0 Å². The molecule has 0 radical (unpaired) electrons. The van der Waals surface area contributed by atoms with Crippen LogP contribution in [-0.2, 0) is 11.2 Å². The number of aryl methyl sites for hydroxylation is 1. The minimum atomic E-state index is -2.89. The van der Waals surface area contributed by atoms with Crippen LogP contribution in [0.4, 0.5) is 14.6 Å². The predicted octanol–water partition coefficient (Wildman–Crippen LogP) is 0.867. The molecule has 38 heavy (non-hydrogen) atoms. The van der Waals surface area contributed by atoms with Crippen LogP contribution in [0.2, 0.25) is 0 Å². The number of piperidine rings is 1. The number of carboxylic acids is 1. The second-order valence-corrected chi connectivity index (χ2v) is 9.90. The average molecular weight is 543 g/mol. The zero-order chi connectivity index (χ0) is 25.7. The van der Waals surface area contributed by atoms with E-state index in [9.17, 15) is 18.7 Å². The van der Waals surface area contributed by atoms with E-state index >= 15 is 0 Å². The van der Waals surface area contributed by atoms with Crippen LogP contribution in [0.1, 0.15) is 29.8 Å². The fourth-order valence-electron chi connectivity index (χ4n) is 5.56. The molecule has 10 heteroatoms. The zero-order valence-electron chi connectivity index (χ0n) is 21.2. The minimum absolute atomic E-state index is 0. The number of rotatable bonds is 7. The first-order valence-electron chi connectivity index (χ1n) is 12.3. The summed E-state index contributed by atoms with van der Waals surface area (Å²) in [6, 6.07) is 14.7. The number of pyridine rings is 2. The largest absolute Gasteiger partial charge is 1.00 e. The molecule has 0 spiro atoms. The number of hydrogen-bond acceptors (Lipinski definition) is 6. The van der Waals surface area contributed by atoms with Crippen molar-refractivity contribution in [2.75, 3.05) is 18.0 Å². The Labute approximate surface area is 261 Å². The molecule has 1 saturated carbocycles. The van der Waals surface area contributed by atoms with Crippen molar-refractivity contribution in [3.63, 3.8) is 0 Å². The van der Waals surface area contributed by atoms with Gasteiger partial charge in [-0.15, -0.1) is 0 Å². The van der Waals surface area contributed by atoms with Crippen molar-refractivity contribution in [2.24, 2.45) is 11.3 Å². The van der Waals surface area contributed by atoms with E-state index in [-0.39, 0.29) is 63.1 Å². The van der Waals surface area contributed by atoms with Gasteiger partial charge in [-0.25, -0.2) is 9.97 Å². The van der Waals surface area contributed by atoms with E-state index in [1.807, 2.05) is 48.0 Å². The number of para-hydroxylation sites is 1. The fraction of sp³-hybridized carbons (Fsp3) is 0.321. The molecule has 1 saturated heterocycles. The summed E-state index contributed by atoms with van der Waals surface area (Å²) in [7, 11) is 0. The molecule has 2 aliphatic rings. The number of aromatic nitrogens is 3. The average Bonchev–Trinajstić information content (AvgIpc) is 3.56. The van der Waals surface area contributed by atoms with E-state index in [0.717, 1.165) is 34.0 Å². The van der Waals surface area contributed by atoms with Crippen LogP contribution in [-0.4, -0.2) is 40.0 Å². The Hall–Kier alpha value is -2.37. The smallest absolute Gasteiger partial charge is 0.550 e. The maximum absolute atomic E-state index is 12.9. The first kappa shape index (κ1) is 27.2. The van der Waals surface area contributed by atoms with Gasteiger partial charge in [0.2, 0.25) is 0 Å². The Morgan fingerprint density at radius 1 is 1.18 bits per heavy atom. The summed E-state index contributed by atoms with van der Waals surface area (Å²) in [6.45, 7) is 0.345. The summed E-state index contributed by atoms with van der Waals surface area (Å²) < 4.78 is 32.5. The molecule has 7 nitrogen and oxygen atoms in total. The summed E-state index contributed by atoms with van der Waals surface area (Å²) in [6.07, 6.45) is 5.47. The van der Waals surface area contributed by atoms with E-state index in [0.29, 0.717) is 37.9 Å². The van der Waals surface area contributed by atoms with Crippen molar-refractivity contribution < 1.29 is 74.8 Å². The normalized spacial score (nSPS) is 20.2. The number of carbonyl (C=O) groups is 1. The first-order chi connectivity index (χ1) is 17.8. The molecule has 190 valence electrons. The van der Waals surface area contributed by atoms with Gasteiger partial charge in [-0.2, -0.15) is 8.78 Å². The monoisotopic (exact) mass is 542 g/mol. The number of aliphatic carboxylic acids is 1. The number of anilines is 1. The van der Waals surface area contributed by atoms with Crippen LogP contribution in [0, 0.1) is 18.3 Å². The number of ether oxygens (including phenoxy) is 1. The number of nitrogens with zero attached hydrogens (tertiary/aromatic N) is 4. The molecule has 1 aliphatic carbocycles. The molecule has 2 atom stereocenters. The zero-order valence-corrected chi connectivity index (χ0v) is 24.4. The van der Waals surface area contributed by atoms with Crippen molar-refractivity contribution >= 4 is 17.4 Å². The number of halogens is 2. The summed E-state index contributed by atoms with van der Waals surface area (Å²) in [5.41, 5.74) is 4.37. The Balaban J connectivity index is 0.00000294. The molecule has 2 unspecified atom stereocenters. The number of carboxylic acid groups (broad SMARTS) is 1. The maximum Gasteiger partial charge on any atom is 1.00 e. The van der Waals surface area contributed by atoms with Crippen molar-refractivity contribution in [2.45, 2.75) is 32.8 Å². The van der Waals surface area contributed by atoms with Crippen LogP contribution in [0.15, 0.2) is 60.9 Å². The summed E-state index contributed by atoms with van der Waals surface area (Å²) in [5, 5.41) is 11.5. The topological polar surface area (TPSA) is 82.8 Å². The van der Waals surface area contributed by atoms with Gasteiger partial charge >= 0.3 is 58.0 Å². The summed E-state index contributed by atoms with van der Waals surface area (Å²) >= 11 is 0. The summed E-state index contributed by atoms with van der Waals surface area (Å²) in [4.78, 5) is 22.9. The quantitative estimate of drug-likeness (QED) is 0.323. The Bertz CT molecular complexity index is 1490. The van der Waals surface area contributed by atoms with E-state index in [4.69, 9.17) is 4.74 Å². The van der Waals surface area contributed by atoms with E-state index in [1.54, 1.807) is 24.3 Å². The third-order valence-corrected chi connectivity index (χ3v) is 7.78. The van der Waals surface area contributed by atoms with Crippen LogP contribution in [0.25, 0.3) is 16.8 Å². The number of carbonyl (C=O) groups excluding carboxylic acids is 1. The Morgan fingerprint density at radius 2 is 1.97 bits per heavy atom. The van der Waals surface area contributed by atoms with Gasteiger partial charge in [-0.3, -0.25) is 0 Å². The molecular weight excluding hydrogens is 517 g/mol. The number of benzene rings is 1. The third kappa shape index (κ3) is 5.00. The van der Waals surface area contributed by atoms with Gasteiger partial charge in [0.25, 0.3) is 0 Å². The van der Waals surface area contributed by atoms with E-state index < -0.39 is 18.0 Å². The first-order valence-corrected chi connectivity index (χ1v) is 12.3. The number of imidazole rings is 1. The van der Waals surface area contributed by atoms with Gasteiger partial charge in [-0.05, 0) is 56.0 Å².